The molecule has 0 radical (unpaired) electrons. The molecule has 2 nitrogen and oxygen atoms in total. The normalized spacial score (nSPS) is 15.3. The van der Waals surface area contributed by atoms with Crippen LogP contribution in [0.1, 0.15) is 51.4 Å². The van der Waals surface area contributed by atoms with Gasteiger partial charge in [-0.15, -0.1) is 0 Å². The van der Waals surface area contributed by atoms with E-state index in [9.17, 15) is 4.79 Å². The molecule has 0 amide bonds. The van der Waals surface area contributed by atoms with Gasteiger partial charge in [0.15, 0.2) is 5.78 Å². The number of ketones is 1. The summed E-state index contributed by atoms with van der Waals surface area (Å²) in [5.41, 5.74) is 0.974. The Kier molecular flexibility index (Phi) is 5.30. The van der Waals surface area contributed by atoms with Crippen LogP contribution in [0.15, 0.2) is 30.3 Å². The standard InChI is InChI=1S/C17H27NO/c1-7-15(18(6)13(2)17(3,4)5)16(19)14-11-9-8-10-12-14/h8-13,15H,7H2,1-6H3. The van der Waals surface area contributed by atoms with Crippen LogP contribution in [0, 0.1) is 5.41 Å². The van der Waals surface area contributed by atoms with E-state index in [0.29, 0.717) is 6.04 Å². The number of carbonyl (C=O) groups is 1. The van der Waals surface area contributed by atoms with Gasteiger partial charge in [-0.3, -0.25) is 9.69 Å². The lowest BCUT2D eigenvalue weighted by molar-refractivity contribution is 0.0650. The molecule has 2 unspecified atom stereocenters. The number of carbonyl (C=O) groups excluding carboxylic acids is 1. The molecular weight excluding hydrogens is 234 g/mol. The predicted octanol–water partition coefficient (Wildman–Crippen LogP) is 4.01. The van der Waals surface area contributed by atoms with Gasteiger partial charge < -0.3 is 0 Å². The van der Waals surface area contributed by atoms with Crippen LogP contribution in [0.4, 0.5) is 0 Å². The second-order valence-electron chi connectivity index (χ2n) is 6.36. The number of hydrogen-bond acceptors (Lipinski definition) is 2. The van der Waals surface area contributed by atoms with Crippen molar-refractivity contribution >= 4 is 5.78 Å². The first kappa shape index (κ1) is 15.9. The maximum absolute atomic E-state index is 12.6. The van der Waals surface area contributed by atoms with Crippen molar-refractivity contribution in [2.75, 3.05) is 7.05 Å². The highest BCUT2D eigenvalue weighted by Gasteiger charge is 2.31. The quantitative estimate of drug-likeness (QED) is 0.746. The lowest BCUT2D eigenvalue weighted by atomic mass is 9.85. The summed E-state index contributed by atoms with van der Waals surface area (Å²) in [5.74, 6) is 0.224. The Labute approximate surface area is 117 Å². The Bertz CT molecular complexity index is 405. The Morgan fingerprint density at radius 1 is 1.21 bits per heavy atom. The van der Waals surface area contributed by atoms with Crippen molar-refractivity contribution in [3.63, 3.8) is 0 Å². The van der Waals surface area contributed by atoms with Gasteiger partial charge in [0, 0.05) is 11.6 Å². The molecule has 0 aliphatic heterocycles. The summed E-state index contributed by atoms with van der Waals surface area (Å²) in [6.45, 7) is 10.9. The number of Topliss-reactive ketones (excluding diaryl/α,β-unsaturated/α-hetero) is 1. The summed E-state index contributed by atoms with van der Waals surface area (Å²) in [5, 5.41) is 0. The Hall–Kier alpha value is -1.15. The number of hydrogen-bond donors (Lipinski definition) is 0. The molecule has 106 valence electrons. The van der Waals surface area contributed by atoms with E-state index in [2.05, 4.69) is 46.6 Å². The molecule has 0 N–H and O–H groups in total. The molecule has 19 heavy (non-hydrogen) atoms. The molecule has 0 saturated carbocycles. The summed E-state index contributed by atoms with van der Waals surface area (Å²) in [6.07, 6.45) is 0.838. The molecular formula is C17H27NO. The first-order valence-corrected chi connectivity index (χ1v) is 7.10. The van der Waals surface area contributed by atoms with Crippen molar-refractivity contribution in [3.8, 4) is 0 Å². The maximum atomic E-state index is 12.6. The minimum atomic E-state index is -0.0448. The van der Waals surface area contributed by atoms with Crippen LogP contribution in [0.3, 0.4) is 0 Å². The lowest BCUT2D eigenvalue weighted by Crippen LogP contribution is -2.48. The minimum absolute atomic E-state index is 0.0448. The highest BCUT2D eigenvalue weighted by Crippen LogP contribution is 2.26. The van der Waals surface area contributed by atoms with Crippen LogP contribution in [0.2, 0.25) is 0 Å². The summed E-state index contributed by atoms with van der Waals surface area (Å²) < 4.78 is 0. The fourth-order valence-corrected chi connectivity index (χ4v) is 2.33. The van der Waals surface area contributed by atoms with Crippen LogP contribution in [-0.4, -0.2) is 29.8 Å². The average Bonchev–Trinajstić information content (AvgIpc) is 2.38. The van der Waals surface area contributed by atoms with Gasteiger partial charge >= 0.3 is 0 Å². The second-order valence-corrected chi connectivity index (χ2v) is 6.36. The fraction of sp³-hybridized carbons (Fsp3) is 0.588. The van der Waals surface area contributed by atoms with Gasteiger partial charge in [-0.05, 0) is 25.8 Å². The van der Waals surface area contributed by atoms with Crippen molar-refractivity contribution in [3.05, 3.63) is 35.9 Å². The Morgan fingerprint density at radius 2 is 1.74 bits per heavy atom. The van der Waals surface area contributed by atoms with E-state index in [0.717, 1.165) is 12.0 Å². The molecule has 0 fully saturated rings. The predicted molar refractivity (Wildman–Crippen MR) is 81.5 cm³/mol. The summed E-state index contributed by atoms with van der Waals surface area (Å²) in [4.78, 5) is 14.8. The second kappa shape index (κ2) is 6.33. The van der Waals surface area contributed by atoms with Crippen LogP contribution in [0.5, 0.6) is 0 Å². The van der Waals surface area contributed by atoms with Gasteiger partial charge in [0.1, 0.15) is 0 Å². The first-order chi connectivity index (χ1) is 8.79. The van der Waals surface area contributed by atoms with Gasteiger partial charge in [0.2, 0.25) is 0 Å². The zero-order chi connectivity index (χ0) is 14.6. The fourth-order valence-electron chi connectivity index (χ4n) is 2.33. The smallest absolute Gasteiger partial charge is 0.179 e. The van der Waals surface area contributed by atoms with Crippen LogP contribution >= 0.6 is 0 Å². The molecule has 1 rings (SSSR count). The molecule has 2 heteroatoms. The molecule has 0 heterocycles. The van der Waals surface area contributed by atoms with E-state index in [1.165, 1.54) is 0 Å². The SMILES string of the molecule is CCC(C(=O)c1ccccc1)N(C)C(C)C(C)(C)C. The third kappa shape index (κ3) is 3.90. The topological polar surface area (TPSA) is 20.3 Å². The Balaban J connectivity index is 2.92. The van der Waals surface area contributed by atoms with Crippen molar-refractivity contribution < 1.29 is 4.79 Å². The van der Waals surface area contributed by atoms with Gasteiger partial charge in [0.05, 0.1) is 6.04 Å². The van der Waals surface area contributed by atoms with Crippen molar-refractivity contribution in [2.45, 2.75) is 53.1 Å². The molecule has 0 spiro atoms. The highest BCUT2D eigenvalue weighted by atomic mass is 16.1. The molecule has 0 saturated heterocycles. The van der Waals surface area contributed by atoms with Crippen LogP contribution < -0.4 is 0 Å². The van der Waals surface area contributed by atoms with Crippen molar-refractivity contribution in [2.24, 2.45) is 5.41 Å². The maximum Gasteiger partial charge on any atom is 0.179 e. The third-order valence-corrected chi connectivity index (χ3v) is 4.10. The highest BCUT2D eigenvalue weighted by molar-refractivity contribution is 6.00. The van der Waals surface area contributed by atoms with Crippen LogP contribution in [-0.2, 0) is 0 Å². The number of nitrogens with zero attached hydrogens (tertiary/aromatic N) is 1. The number of benzene rings is 1. The molecule has 1 aromatic rings. The zero-order valence-corrected chi connectivity index (χ0v) is 13.1. The zero-order valence-electron chi connectivity index (χ0n) is 13.1. The van der Waals surface area contributed by atoms with Gasteiger partial charge in [-0.25, -0.2) is 0 Å². The molecule has 0 aliphatic rings. The number of likely N-dealkylation sites (N-methyl/N-ethyl adjacent to an activating group) is 1. The summed E-state index contributed by atoms with van der Waals surface area (Å²) in [7, 11) is 2.06. The molecule has 1 aromatic carbocycles. The third-order valence-electron chi connectivity index (χ3n) is 4.10. The van der Waals surface area contributed by atoms with E-state index in [4.69, 9.17) is 0 Å². The molecule has 0 aliphatic carbocycles. The van der Waals surface area contributed by atoms with E-state index < -0.39 is 0 Å². The van der Waals surface area contributed by atoms with Gasteiger partial charge in [-0.2, -0.15) is 0 Å². The van der Waals surface area contributed by atoms with Crippen molar-refractivity contribution in [1.29, 1.82) is 0 Å². The Morgan fingerprint density at radius 3 is 2.16 bits per heavy atom. The van der Waals surface area contributed by atoms with E-state index >= 15 is 0 Å². The van der Waals surface area contributed by atoms with E-state index in [-0.39, 0.29) is 17.2 Å². The van der Waals surface area contributed by atoms with Gasteiger partial charge in [-0.1, -0.05) is 58.0 Å². The monoisotopic (exact) mass is 261 g/mol. The molecule has 0 aromatic heterocycles. The largest absolute Gasteiger partial charge is 0.293 e. The minimum Gasteiger partial charge on any atom is -0.293 e. The number of rotatable bonds is 5. The van der Waals surface area contributed by atoms with Gasteiger partial charge in [0.25, 0.3) is 0 Å². The average molecular weight is 261 g/mol. The molecule has 2 atom stereocenters. The van der Waals surface area contributed by atoms with E-state index in [1.807, 2.05) is 30.3 Å². The molecule has 0 bridgehead atoms. The van der Waals surface area contributed by atoms with Crippen LogP contribution in [0.25, 0.3) is 0 Å². The van der Waals surface area contributed by atoms with E-state index in [1.54, 1.807) is 0 Å². The first-order valence-electron chi connectivity index (χ1n) is 7.10. The summed E-state index contributed by atoms with van der Waals surface area (Å²) >= 11 is 0. The van der Waals surface area contributed by atoms with Crippen molar-refractivity contribution in [1.82, 2.24) is 4.90 Å². The summed E-state index contributed by atoms with van der Waals surface area (Å²) in [6, 6.07) is 9.91. The lowest BCUT2D eigenvalue weighted by Gasteiger charge is -2.39.